The molecule has 0 atom stereocenters. The number of ether oxygens (including phenoxy) is 1. The topological polar surface area (TPSA) is 58.6 Å². The molecule has 0 amide bonds. The Labute approximate surface area is 102 Å². The summed E-state index contributed by atoms with van der Waals surface area (Å²) < 4.78 is 6.00. The Bertz CT molecular complexity index is 322. The lowest BCUT2D eigenvalue weighted by Gasteiger charge is -2.06. The van der Waals surface area contributed by atoms with E-state index in [1.54, 1.807) is 11.5 Å². The summed E-state index contributed by atoms with van der Waals surface area (Å²) >= 11 is 3.28. The van der Waals surface area contributed by atoms with Crippen molar-refractivity contribution in [3.05, 3.63) is 28.7 Å². The summed E-state index contributed by atoms with van der Waals surface area (Å²) in [7, 11) is 0. The van der Waals surface area contributed by atoms with Gasteiger partial charge in [-0.25, -0.2) is 0 Å². The summed E-state index contributed by atoms with van der Waals surface area (Å²) in [5.41, 5.74) is 1.78. The van der Waals surface area contributed by atoms with Gasteiger partial charge in [0.2, 0.25) is 0 Å². The number of halogens is 2. The molecule has 1 rings (SSSR count). The number of para-hydroxylation sites is 1. The van der Waals surface area contributed by atoms with Gasteiger partial charge >= 0.3 is 0 Å². The van der Waals surface area contributed by atoms with Crippen LogP contribution in [-0.4, -0.2) is 24.1 Å². The maximum absolute atomic E-state index is 11.0. The van der Waals surface area contributed by atoms with Gasteiger partial charge in [0.25, 0.3) is 0 Å². The number of hydrogen-bond donors (Lipinski definition) is 2. The summed E-state index contributed by atoms with van der Waals surface area (Å²) in [5, 5.41) is 8.25. The quantitative estimate of drug-likeness (QED) is 0.814. The third kappa shape index (κ3) is 5.13. The zero-order chi connectivity index (χ0) is 10.4. The molecule has 6 heteroatoms. The minimum absolute atomic E-state index is 0. The van der Waals surface area contributed by atoms with Crippen LogP contribution in [-0.2, 0) is 4.79 Å². The monoisotopic (exact) mass is 295 g/mol. The zero-order valence-corrected chi connectivity index (χ0v) is 10.2. The number of carbonyl (C=O) groups is 1. The summed E-state index contributed by atoms with van der Waals surface area (Å²) in [6.07, 6.45) is 0. The highest BCUT2D eigenvalue weighted by molar-refractivity contribution is 9.10. The van der Waals surface area contributed by atoms with Gasteiger partial charge in [-0.3, -0.25) is 4.79 Å². The van der Waals surface area contributed by atoms with Gasteiger partial charge in [0.15, 0.2) is 5.78 Å². The Balaban J connectivity index is 0.00000196. The number of rotatable bonds is 5. The van der Waals surface area contributed by atoms with Gasteiger partial charge in [0.05, 0.1) is 11.0 Å². The van der Waals surface area contributed by atoms with Crippen LogP contribution in [0.25, 0.3) is 0 Å². The van der Waals surface area contributed by atoms with Crippen molar-refractivity contribution in [1.82, 2.24) is 5.48 Å². The van der Waals surface area contributed by atoms with Gasteiger partial charge in [-0.15, -0.1) is 12.4 Å². The van der Waals surface area contributed by atoms with Crippen molar-refractivity contribution in [3.63, 3.8) is 0 Å². The van der Waals surface area contributed by atoms with Crippen LogP contribution in [0.2, 0.25) is 0 Å². The average molecular weight is 297 g/mol. The first-order valence-corrected chi connectivity index (χ1v) is 4.79. The summed E-state index contributed by atoms with van der Waals surface area (Å²) in [4.78, 5) is 11.0. The Hall–Kier alpha value is -0.620. The van der Waals surface area contributed by atoms with Crippen LogP contribution >= 0.6 is 28.3 Å². The maximum Gasteiger partial charge on any atom is 0.186 e. The Kier molecular flexibility index (Phi) is 7.33. The van der Waals surface area contributed by atoms with Crippen LogP contribution in [0, 0.1) is 0 Å². The molecule has 0 unspecified atom stereocenters. The fourth-order valence-electron chi connectivity index (χ4n) is 0.859. The van der Waals surface area contributed by atoms with E-state index in [9.17, 15) is 4.79 Å². The lowest BCUT2D eigenvalue weighted by molar-refractivity contribution is -0.121. The molecular weight excluding hydrogens is 285 g/mol. The SMILES string of the molecule is Cl.O=C(CNO)COc1ccccc1Br. The van der Waals surface area contributed by atoms with Gasteiger partial charge in [0.1, 0.15) is 12.4 Å². The highest BCUT2D eigenvalue weighted by Crippen LogP contribution is 2.23. The van der Waals surface area contributed by atoms with Crippen molar-refractivity contribution in [2.75, 3.05) is 13.2 Å². The van der Waals surface area contributed by atoms with Gasteiger partial charge in [-0.1, -0.05) is 12.1 Å². The zero-order valence-electron chi connectivity index (χ0n) is 7.77. The third-order valence-electron chi connectivity index (χ3n) is 1.50. The predicted octanol–water partition coefficient (Wildman–Crippen LogP) is 1.80. The molecule has 1 aromatic rings. The van der Waals surface area contributed by atoms with Crippen LogP contribution in [0.3, 0.4) is 0 Å². The third-order valence-corrected chi connectivity index (χ3v) is 2.16. The Morgan fingerprint density at radius 2 is 2.13 bits per heavy atom. The first-order valence-electron chi connectivity index (χ1n) is 4.00. The molecule has 0 aliphatic heterocycles. The second-order valence-electron chi connectivity index (χ2n) is 2.59. The molecule has 0 aromatic heterocycles. The van der Waals surface area contributed by atoms with E-state index in [4.69, 9.17) is 9.94 Å². The average Bonchev–Trinajstić information content (AvgIpc) is 2.17. The van der Waals surface area contributed by atoms with Gasteiger partial charge < -0.3 is 9.94 Å². The van der Waals surface area contributed by atoms with Crippen molar-refractivity contribution in [1.29, 1.82) is 0 Å². The van der Waals surface area contributed by atoms with E-state index in [1.807, 2.05) is 18.2 Å². The first kappa shape index (κ1) is 14.4. The minimum atomic E-state index is -0.219. The molecule has 1 aromatic carbocycles. The van der Waals surface area contributed by atoms with Crippen molar-refractivity contribution < 1.29 is 14.7 Å². The van der Waals surface area contributed by atoms with E-state index in [1.165, 1.54) is 0 Å². The predicted molar refractivity (Wildman–Crippen MR) is 61.7 cm³/mol. The van der Waals surface area contributed by atoms with Crippen LogP contribution in [0.1, 0.15) is 0 Å². The number of ketones is 1. The highest BCUT2D eigenvalue weighted by atomic mass is 79.9. The van der Waals surface area contributed by atoms with Crippen LogP contribution < -0.4 is 10.2 Å². The molecule has 2 N–H and O–H groups in total. The standard InChI is InChI=1S/C9H10BrNO3.ClH/c10-8-3-1-2-4-9(8)14-6-7(12)5-11-13;/h1-4,11,13H,5-6H2;1H. The highest BCUT2D eigenvalue weighted by Gasteiger charge is 2.03. The van der Waals surface area contributed by atoms with Crippen molar-refractivity contribution >= 4 is 34.1 Å². The molecule has 0 saturated carbocycles. The molecule has 4 nitrogen and oxygen atoms in total. The van der Waals surface area contributed by atoms with Crippen LogP contribution in [0.5, 0.6) is 5.75 Å². The molecule has 84 valence electrons. The fraction of sp³-hybridized carbons (Fsp3) is 0.222. The lowest BCUT2D eigenvalue weighted by Crippen LogP contribution is -2.24. The molecule has 15 heavy (non-hydrogen) atoms. The van der Waals surface area contributed by atoms with E-state index < -0.39 is 0 Å². The van der Waals surface area contributed by atoms with Crippen molar-refractivity contribution in [2.45, 2.75) is 0 Å². The molecule has 0 aliphatic carbocycles. The largest absolute Gasteiger partial charge is 0.485 e. The van der Waals surface area contributed by atoms with Crippen LogP contribution in [0.4, 0.5) is 0 Å². The molecule has 0 fully saturated rings. The second kappa shape index (κ2) is 7.64. The number of Topliss-reactive ketones (excluding diaryl/α,β-unsaturated/α-hetero) is 1. The molecule has 0 bridgehead atoms. The number of hydrogen-bond acceptors (Lipinski definition) is 4. The normalized spacial score (nSPS) is 9.20. The lowest BCUT2D eigenvalue weighted by atomic mass is 10.3. The van der Waals surface area contributed by atoms with E-state index >= 15 is 0 Å². The molecule has 0 spiro atoms. The van der Waals surface area contributed by atoms with Crippen LogP contribution in [0.15, 0.2) is 28.7 Å². The van der Waals surface area contributed by atoms with E-state index in [2.05, 4.69) is 15.9 Å². The number of nitrogens with one attached hydrogen (secondary N) is 1. The summed E-state index contributed by atoms with van der Waals surface area (Å²) in [5.74, 6) is 0.391. The minimum Gasteiger partial charge on any atom is -0.485 e. The summed E-state index contributed by atoms with van der Waals surface area (Å²) in [6.45, 7) is -0.166. The number of benzene rings is 1. The molecule has 0 saturated heterocycles. The van der Waals surface area contributed by atoms with Gasteiger partial charge in [-0.05, 0) is 28.1 Å². The van der Waals surface area contributed by atoms with E-state index in [0.29, 0.717) is 5.75 Å². The van der Waals surface area contributed by atoms with Gasteiger partial charge in [-0.2, -0.15) is 5.48 Å². The molecule has 0 radical (unpaired) electrons. The molecule has 0 heterocycles. The van der Waals surface area contributed by atoms with Crippen molar-refractivity contribution in [2.24, 2.45) is 0 Å². The fourth-order valence-corrected chi connectivity index (χ4v) is 1.26. The van der Waals surface area contributed by atoms with E-state index in [0.717, 1.165) is 4.47 Å². The number of hydroxylamine groups is 1. The van der Waals surface area contributed by atoms with E-state index in [-0.39, 0.29) is 31.3 Å². The second-order valence-corrected chi connectivity index (χ2v) is 3.45. The Morgan fingerprint density at radius 3 is 2.73 bits per heavy atom. The first-order chi connectivity index (χ1) is 6.74. The molecular formula is C9H11BrClNO3. The summed E-state index contributed by atoms with van der Waals surface area (Å²) in [6, 6.07) is 7.25. The smallest absolute Gasteiger partial charge is 0.186 e. The Morgan fingerprint density at radius 1 is 1.47 bits per heavy atom. The molecule has 0 aliphatic rings. The number of carbonyl (C=O) groups excluding carboxylic acids is 1. The maximum atomic E-state index is 11.0. The van der Waals surface area contributed by atoms with Gasteiger partial charge in [0, 0.05) is 0 Å². The van der Waals surface area contributed by atoms with Crippen molar-refractivity contribution in [3.8, 4) is 5.75 Å².